The fraction of sp³-hybridized carbons (Fsp3) is 0.458. The van der Waals surface area contributed by atoms with E-state index in [9.17, 15) is 9.18 Å². The second kappa shape index (κ2) is 8.16. The molecule has 168 valence electrons. The lowest BCUT2D eigenvalue weighted by Crippen LogP contribution is -2.44. The van der Waals surface area contributed by atoms with Gasteiger partial charge in [-0.1, -0.05) is 0 Å². The number of aryl methyl sites for hydroxylation is 1. The van der Waals surface area contributed by atoms with Crippen LogP contribution >= 0.6 is 0 Å². The molecule has 5 rings (SSSR count). The number of nitrogens with one attached hydrogen (secondary N) is 1. The molecular formula is C24H27FN4O3. The summed E-state index contributed by atoms with van der Waals surface area (Å²) in [6.07, 6.45) is 6.08. The van der Waals surface area contributed by atoms with E-state index in [1.165, 1.54) is 19.2 Å². The van der Waals surface area contributed by atoms with Gasteiger partial charge in [0.1, 0.15) is 17.9 Å². The Bertz CT molecular complexity index is 1160. The van der Waals surface area contributed by atoms with Crippen molar-refractivity contribution in [1.29, 1.82) is 0 Å². The SMILES string of the molecule is COc1cc(F)cc(-c2cc(C)n3cnc(C(=O)NC4C[C@H]5CC[C@@H](C4)C5OC)c3n2)c1. The monoisotopic (exact) mass is 438 g/mol. The Balaban J connectivity index is 1.44. The van der Waals surface area contributed by atoms with Gasteiger partial charge in [-0.2, -0.15) is 0 Å². The van der Waals surface area contributed by atoms with Crippen molar-refractivity contribution >= 4 is 11.6 Å². The topological polar surface area (TPSA) is 77.8 Å². The predicted octanol–water partition coefficient (Wildman–Crippen LogP) is 3.79. The molecular weight excluding hydrogens is 411 g/mol. The standard InChI is InChI=1S/C24H27FN4O3/c1-13-6-20(16-7-17(25)11-19(10-16)31-2)28-23-21(26-12-29(13)23)24(30)27-18-8-14-4-5-15(9-18)22(14)32-3/h6-7,10-12,14-15,18,22H,4-5,8-9H2,1-3H3,(H,27,30)/t14-,15+,18?,22?. The minimum absolute atomic E-state index is 0.111. The van der Waals surface area contributed by atoms with Crippen LogP contribution in [0.25, 0.3) is 16.9 Å². The van der Waals surface area contributed by atoms with Gasteiger partial charge in [-0.3, -0.25) is 9.20 Å². The number of benzene rings is 1. The van der Waals surface area contributed by atoms with Crippen molar-refractivity contribution in [3.05, 3.63) is 47.8 Å². The van der Waals surface area contributed by atoms with Crippen LogP contribution in [0.1, 0.15) is 41.9 Å². The molecule has 0 aliphatic heterocycles. The number of hydrogen-bond acceptors (Lipinski definition) is 5. The van der Waals surface area contributed by atoms with Crippen LogP contribution in [-0.4, -0.2) is 46.6 Å². The molecule has 2 bridgehead atoms. The maximum Gasteiger partial charge on any atom is 0.274 e. The fourth-order valence-electron chi connectivity index (χ4n) is 5.49. The lowest BCUT2D eigenvalue weighted by Gasteiger charge is -2.34. The number of hydrogen-bond donors (Lipinski definition) is 1. The maximum atomic E-state index is 14.0. The number of ether oxygens (including phenoxy) is 2. The third kappa shape index (κ3) is 3.62. The molecule has 0 radical (unpaired) electrons. The molecule has 0 spiro atoms. The van der Waals surface area contributed by atoms with E-state index in [-0.39, 0.29) is 17.6 Å². The first-order valence-corrected chi connectivity index (χ1v) is 11.0. The van der Waals surface area contributed by atoms with Crippen LogP contribution in [0.5, 0.6) is 5.75 Å². The molecule has 1 aromatic carbocycles. The third-order valence-corrected chi connectivity index (χ3v) is 6.93. The number of halogens is 1. The highest BCUT2D eigenvalue weighted by molar-refractivity contribution is 5.98. The van der Waals surface area contributed by atoms with Crippen molar-refractivity contribution in [1.82, 2.24) is 19.7 Å². The van der Waals surface area contributed by atoms with Crippen molar-refractivity contribution in [2.24, 2.45) is 11.8 Å². The first-order valence-electron chi connectivity index (χ1n) is 11.0. The Morgan fingerprint density at radius 3 is 2.59 bits per heavy atom. The number of amides is 1. The number of carbonyl (C=O) groups is 1. The summed E-state index contributed by atoms with van der Waals surface area (Å²) >= 11 is 0. The minimum Gasteiger partial charge on any atom is -0.497 e. The van der Waals surface area contributed by atoms with Crippen LogP contribution < -0.4 is 10.1 Å². The highest BCUT2D eigenvalue weighted by Gasteiger charge is 2.43. The van der Waals surface area contributed by atoms with E-state index in [0.717, 1.165) is 31.4 Å². The summed E-state index contributed by atoms with van der Waals surface area (Å²) in [6, 6.07) is 6.40. The average molecular weight is 439 g/mol. The van der Waals surface area contributed by atoms with E-state index >= 15 is 0 Å². The Hall–Kier alpha value is -3.00. The fourth-order valence-corrected chi connectivity index (χ4v) is 5.49. The normalized spacial score (nSPS) is 24.6. The van der Waals surface area contributed by atoms with Gasteiger partial charge in [0.2, 0.25) is 0 Å². The first kappa shape index (κ1) is 20.9. The molecule has 8 heteroatoms. The largest absolute Gasteiger partial charge is 0.497 e. The van der Waals surface area contributed by atoms with Crippen LogP contribution in [0.3, 0.4) is 0 Å². The van der Waals surface area contributed by atoms with Gasteiger partial charge in [-0.15, -0.1) is 0 Å². The Morgan fingerprint density at radius 2 is 1.91 bits per heavy atom. The summed E-state index contributed by atoms with van der Waals surface area (Å²) < 4.78 is 26.7. The van der Waals surface area contributed by atoms with E-state index in [0.29, 0.717) is 40.6 Å². The van der Waals surface area contributed by atoms with Crippen molar-refractivity contribution in [3.8, 4) is 17.0 Å². The molecule has 2 aliphatic rings. The van der Waals surface area contributed by atoms with E-state index in [2.05, 4.69) is 15.3 Å². The molecule has 7 nitrogen and oxygen atoms in total. The van der Waals surface area contributed by atoms with Gasteiger partial charge >= 0.3 is 0 Å². The van der Waals surface area contributed by atoms with Gasteiger partial charge in [-0.25, -0.2) is 14.4 Å². The zero-order valence-corrected chi connectivity index (χ0v) is 18.5. The van der Waals surface area contributed by atoms with Crippen molar-refractivity contribution in [2.75, 3.05) is 14.2 Å². The zero-order valence-electron chi connectivity index (χ0n) is 18.5. The number of methoxy groups -OCH3 is 2. The summed E-state index contributed by atoms with van der Waals surface area (Å²) in [6.45, 7) is 1.90. The molecule has 2 unspecified atom stereocenters. The van der Waals surface area contributed by atoms with Crippen LogP contribution in [0.2, 0.25) is 0 Å². The van der Waals surface area contributed by atoms with Gasteiger partial charge in [-0.05, 0) is 62.6 Å². The van der Waals surface area contributed by atoms with Crippen LogP contribution in [0.15, 0.2) is 30.6 Å². The van der Waals surface area contributed by atoms with Gasteiger partial charge in [0.05, 0.1) is 18.9 Å². The van der Waals surface area contributed by atoms with Gasteiger partial charge in [0, 0.05) is 30.5 Å². The predicted molar refractivity (Wildman–Crippen MR) is 117 cm³/mol. The molecule has 32 heavy (non-hydrogen) atoms. The number of nitrogens with zero attached hydrogens (tertiary/aromatic N) is 3. The quantitative estimate of drug-likeness (QED) is 0.656. The maximum absolute atomic E-state index is 14.0. The van der Waals surface area contributed by atoms with Crippen molar-refractivity contribution < 1.29 is 18.7 Å². The third-order valence-electron chi connectivity index (χ3n) is 6.93. The van der Waals surface area contributed by atoms with Crippen molar-refractivity contribution in [2.45, 2.75) is 44.8 Å². The van der Waals surface area contributed by atoms with E-state index in [1.807, 2.05) is 13.0 Å². The molecule has 2 saturated carbocycles. The lowest BCUT2D eigenvalue weighted by molar-refractivity contribution is 0.00603. The Labute approximate surface area is 186 Å². The molecule has 0 saturated heterocycles. The molecule has 2 aromatic heterocycles. The van der Waals surface area contributed by atoms with E-state index in [1.54, 1.807) is 23.9 Å². The average Bonchev–Trinajstić information content (AvgIpc) is 3.31. The highest BCUT2D eigenvalue weighted by Crippen LogP contribution is 2.43. The molecule has 2 aliphatic carbocycles. The number of aromatic nitrogens is 3. The summed E-state index contributed by atoms with van der Waals surface area (Å²) in [5, 5.41) is 3.17. The van der Waals surface area contributed by atoms with Gasteiger partial charge in [0.25, 0.3) is 5.91 Å². The Kier molecular flexibility index (Phi) is 5.33. The smallest absolute Gasteiger partial charge is 0.274 e. The molecule has 1 N–H and O–H groups in total. The molecule has 1 amide bonds. The lowest BCUT2D eigenvalue weighted by atomic mass is 9.82. The number of rotatable bonds is 5. The summed E-state index contributed by atoms with van der Waals surface area (Å²) in [4.78, 5) is 22.2. The first-order chi connectivity index (χ1) is 15.5. The Morgan fingerprint density at radius 1 is 1.16 bits per heavy atom. The second-order valence-electron chi connectivity index (χ2n) is 8.89. The second-order valence-corrected chi connectivity index (χ2v) is 8.89. The molecule has 4 atom stereocenters. The number of carbonyl (C=O) groups excluding carboxylic acids is 1. The van der Waals surface area contributed by atoms with Crippen LogP contribution in [0.4, 0.5) is 4.39 Å². The highest BCUT2D eigenvalue weighted by atomic mass is 19.1. The molecule has 3 aromatic rings. The molecule has 2 fully saturated rings. The van der Waals surface area contributed by atoms with Crippen molar-refractivity contribution in [3.63, 3.8) is 0 Å². The van der Waals surface area contributed by atoms with E-state index < -0.39 is 5.82 Å². The summed E-state index contributed by atoms with van der Waals surface area (Å²) in [5.41, 5.74) is 2.71. The van der Waals surface area contributed by atoms with Gasteiger partial charge < -0.3 is 14.8 Å². The van der Waals surface area contributed by atoms with Gasteiger partial charge in [0.15, 0.2) is 11.3 Å². The number of fused-ring (bicyclic) bond motifs is 3. The van der Waals surface area contributed by atoms with Crippen LogP contribution in [0, 0.1) is 24.6 Å². The summed E-state index contributed by atoms with van der Waals surface area (Å²) in [5.74, 6) is 0.766. The summed E-state index contributed by atoms with van der Waals surface area (Å²) in [7, 11) is 3.28. The van der Waals surface area contributed by atoms with Crippen LogP contribution in [-0.2, 0) is 4.74 Å². The zero-order chi connectivity index (χ0) is 22.4. The molecule has 2 heterocycles. The van der Waals surface area contributed by atoms with E-state index in [4.69, 9.17) is 9.47 Å². The minimum atomic E-state index is -0.411. The number of imidazole rings is 1.